The minimum atomic E-state index is -0.281. The summed E-state index contributed by atoms with van der Waals surface area (Å²) in [5.74, 6) is -0.281. The molecule has 4 nitrogen and oxygen atoms in total. The summed E-state index contributed by atoms with van der Waals surface area (Å²) in [5.41, 5.74) is 1.91. The molecule has 1 rings (SSSR count). The van der Waals surface area contributed by atoms with Crippen LogP contribution >= 0.6 is 0 Å². The van der Waals surface area contributed by atoms with Crippen LogP contribution in [0.25, 0.3) is 0 Å². The van der Waals surface area contributed by atoms with Crippen LogP contribution in [0.15, 0.2) is 18.5 Å². The summed E-state index contributed by atoms with van der Waals surface area (Å²) in [6.45, 7) is 2.11. The number of hydrogen-bond donors (Lipinski definition) is 1. The standard InChI is InChI=1S/C9H12N2O2/c1-7-5-10-4-3-8(7)11-6-9(12)13-2/h3-5H,6H2,1-2H3,(H,10,11). The van der Waals surface area contributed by atoms with Crippen LogP contribution in [0.4, 0.5) is 5.69 Å². The molecule has 0 radical (unpaired) electrons. The van der Waals surface area contributed by atoms with Crippen LogP contribution < -0.4 is 5.32 Å². The van der Waals surface area contributed by atoms with E-state index in [-0.39, 0.29) is 12.5 Å². The molecule has 0 aliphatic rings. The second-order valence-electron chi connectivity index (χ2n) is 2.62. The fourth-order valence-electron chi connectivity index (χ4n) is 0.911. The average molecular weight is 180 g/mol. The molecule has 0 saturated heterocycles. The maximum Gasteiger partial charge on any atom is 0.325 e. The lowest BCUT2D eigenvalue weighted by Gasteiger charge is -2.06. The van der Waals surface area contributed by atoms with E-state index in [1.807, 2.05) is 13.0 Å². The first-order chi connectivity index (χ1) is 6.24. The molecule has 0 aliphatic carbocycles. The van der Waals surface area contributed by atoms with E-state index in [1.54, 1.807) is 12.4 Å². The molecule has 0 aromatic carbocycles. The van der Waals surface area contributed by atoms with Crippen LogP contribution in [0, 0.1) is 6.92 Å². The number of methoxy groups -OCH3 is 1. The van der Waals surface area contributed by atoms with Crippen LogP contribution in [0.5, 0.6) is 0 Å². The van der Waals surface area contributed by atoms with E-state index in [0.717, 1.165) is 11.3 Å². The molecule has 0 amide bonds. The van der Waals surface area contributed by atoms with Gasteiger partial charge in [0.2, 0.25) is 0 Å². The minimum Gasteiger partial charge on any atom is -0.468 e. The number of esters is 1. The van der Waals surface area contributed by atoms with Crippen molar-refractivity contribution in [1.29, 1.82) is 0 Å². The highest BCUT2D eigenvalue weighted by Gasteiger charge is 2.00. The molecule has 1 heterocycles. The van der Waals surface area contributed by atoms with Crippen LogP contribution in [0.3, 0.4) is 0 Å². The van der Waals surface area contributed by atoms with Crippen molar-refractivity contribution in [2.45, 2.75) is 6.92 Å². The Bertz CT molecular complexity index is 299. The van der Waals surface area contributed by atoms with Gasteiger partial charge in [0.1, 0.15) is 6.54 Å². The summed E-state index contributed by atoms with van der Waals surface area (Å²) >= 11 is 0. The van der Waals surface area contributed by atoms with E-state index >= 15 is 0 Å². The molecule has 1 aromatic rings. The monoisotopic (exact) mass is 180 g/mol. The van der Waals surface area contributed by atoms with E-state index in [2.05, 4.69) is 15.0 Å². The van der Waals surface area contributed by atoms with Crippen molar-refractivity contribution in [3.05, 3.63) is 24.0 Å². The van der Waals surface area contributed by atoms with E-state index in [4.69, 9.17) is 0 Å². The lowest BCUT2D eigenvalue weighted by atomic mass is 10.2. The average Bonchev–Trinajstić information content (AvgIpc) is 2.16. The van der Waals surface area contributed by atoms with Crippen molar-refractivity contribution in [2.75, 3.05) is 19.0 Å². The second kappa shape index (κ2) is 4.45. The summed E-state index contributed by atoms with van der Waals surface area (Å²) in [5, 5.41) is 2.95. The minimum absolute atomic E-state index is 0.182. The number of aromatic nitrogens is 1. The molecule has 13 heavy (non-hydrogen) atoms. The third-order valence-corrected chi connectivity index (χ3v) is 1.67. The number of carbonyl (C=O) groups excluding carboxylic acids is 1. The van der Waals surface area contributed by atoms with Gasteiger partial charge in [0.15, 0.2) is 0 Å². The predicted octanol–water partition coefficient (Wildman–Crippen LogP) is 0.975. The fraction of sp³-hybridized carbons (Fsp3) is 0.333. The highest BCUT2D eigenvalue weighted by atomic mass is 16.5. The number of rotatable bonds is 3. The summed E-state index contributed by atoms with van der Waals surface area (Å²) < 4.78 is 4.49. The van der Waals surface area contributed by atoms with Gasteiger partial charge in [-0.15, -0.1) is 0 Å². The van der Waals surface area contributed by atoms with Gasteiger partial charge in [0.25, 0.3) is 0 Å². The first-order valence-electron chi connectivity index (χ1n) is 3.95. The largest absolute Gasteiger partial charge is 0.468 e. The highest BCUT2D eigenvalue weighted by molar-refractivity contribution is 5.75. The summed E-state index contributed by atoms with van der Waals surface area (Å²) in [7, 11) is 1.36. The van der Waals surface area contributed by atoms with Gasteiger partial charge in [-0.3, -0.25) is 9.78 Å². The van der Waals surface area contributed by atoms with Gasteiger partial charge in [0, 0.05) is 18.1 Å². The number of pyridine rings is 1. The quantitative estimate of drug-likeness (QED) is 0.704. The van der Waals surface area contributed by atoms with Crippen molar-refractivity contribution < 1.29 is 9.53 Å². The van der Waals surface area contributed by atoms with Gasteiger partial charge in [-0.05, 0) is 18.6 Å². The van der Waals surface area contributed by atoms with Gasteiger partial charge in [-0.1, -0.05) is 0 Å². The SMILES string of the molecule is COC(=O)CNc1ccncc1C. The molecule has 0 saturated carbocycles. The maximum atomic E-state index is 10.8. The number of carbonyl (C=O) groups is 1. The van der Waals surface area contributed by atoms with E-state index < -0.39 is 0 Å². The third-order valence-electron chi connectivity index (χ3n) is 1.67. The van der Waals surface area contributed by atoms with Crippen LogP contribution in [-0.2, 0) is 9.53 Å². The van der Waals surface area contributed by atoms with Crippen LogP contribution in [0.1, 0.15) is 5.56 Å². The van der Waals surface area contributed by atoms with Crippen molar-refractivity contribution >= 4 is 11.7 Å². The smallest absolute Gasteiger partial charge is 0.325 e. The Kier molecular flexibility index (Phi) is 3.25. The number of hydrogen-bond acceptors (Lipinski definition) is 4. The third kappa shape index (κ3) is 2.74. The predicted molar refractivity (Wildman–Crippen MR) is 49.5 cm³/mol. The molecule has 1 aromatic heterocycles. The van der Waals surface area contributed by atoms with Crippen molar-refractivity contribution in [2.24, 2.45) is 0 Å². The lowest BCUT2D eigenvalue weighted by Crippen LogP contribution is -2.15. The lowest BCUT2D eigenvalue weighted by molar-refractivity contribution is -0.138. The van der Waals surface area contributed by atoms with Crippen molar-refractivity contribution in [3.8, 4) is 0 Å². The number of aryl methyl sites for hydroxylation is 1. The summed E-state index contributed by atoms with van der Waals surface area (Å²) in [6, 6.07) is 1.82. The number of nitrogens with zero attached hydrogens (tertiary/aromatic N) is 1. The number of ether oxygens (including phenoxy) is 1. The Balaban J connectivity index is 2.54. The van der Waals surface area contributed by atoms with Crippen molar-refractivity contribution in [1.82, 2.24) is 4.98 Å². The Morgan fingerprint density at radius 1 is 1.69 bits per heavy atom. The maximum absolute atomic E-state index is 10.8. The molecular formula is C9H12N2O2. The number of nitrogens with one attached hydrogen (secondary N) is 1. The molecule has 0 aliphatic heterocycles. The van der Waals surface area contributed by atoms with Crippen LogP contribution in [-0.4, -0.2) is 24.6 Å². The summed E-state index contributed by atoms with van der Waals surface area (Å²) in [6.07, 6.45) is 3.41. The molecule has 0 bridgehead atoms. The molecular weight excluding hydrogens is 168 g/mol. The highest BCUT2D eigenvalue weighted by Crippen LogP contribution is 2.10. The molecule has 70 valence electrons. The second-order valence-corrected chi connectivity index (χ2v) is 2.62. The molecule has 0 fully saturated rings. The molecule has 0 atom stereocenters. The Hall–Kier alpha value is -1.58. The van der Waals surface area contributed by atoms with Gasteiger partial charge in [-0.25, -0.2) is 0 Å². The first kappa shape index (κ1) is 9.51. The van der Waals surface area contributed by atoms with Gasteiger partial charge in [0.05, 0.1) is 7.11 Å². The Morgan fingerprint density at radius 2 is 2.46 bits per heavy atom. The van der Waals surface area contributed by atoms with Gasteiger partial charge >= 0.3 is 5.97 Å². The summed E-state index contributed by atoms with van der Waals surface area (Å²) in [4.78, 5) is 14.7. The molecule has 0 unspecified atom stereocenters. The van der Waals surface area contributed by atoms with Gasteiger partial charge in [-0.2, -0.15) is 0 Å². The topological polar surface area (TPSA) is 51.2 Å². The Labute approximate surface area is 76.9 Å². The zero-order valence-electron chi connectivity index (χ0n) is 7.70. The fourth-order valence-corrected chi connectivity index (χ4v) is 0.911. The zero-order valence-corrected chi connectivity index (χ0v) is 7.70. The molecule has 0 spiro atoms. The van der Waals surface area contributed by atoms with Crippen LogP contribution in [0.2, 0.25) is 0 Å². The van der Waals surface area contributed by atoms with E-state index in [9.17, 15) is 4.79 Å². The van der Waals surface area contributed by atoms with E-state index in [1.165, 1.54) is 7.11 Å². The number of anilines is 1. The zero-order chi connectivity index (χ0) is 9.68. The first-order valence-corrected chi connectivity index (χ1v) is 3.95. The normalized spacial score (nSPS) is 9.38. The molecule has 1 N–H and O–H groups in total. The van der Waals surface area contributed by atoms with E-state index in [0.29, 0.717) is 0 Å². The van der Waals surface area contributed by atoms with Gasteiger partial charge < -0.3 is 10.1 Å². The van der Waals surface area contributed by atoms with Crippen molar-refractivity contribution in [3.63, 3.8) is 0 Å². The molecule has 4 heteroatoms. The Morgan fingerprint density at radius 3 is 3.08 bits per heavy atom.